The minimum absolute atomic E-state index is 0.0222. The lowest BCUT2D eigenvalue weighted by molar-refractivity contribution is -0.118. The van der Waals surface area contributed by atoms with Crippen molar-refractivity contribution in [3.8, 4) is 0 Å². The van der Waals surface area contributed by atoms with Crippen LogP contribution in [0, 0.1) is 0 Å². The quantitative estimate of drug-likeness (QED) is 0.770. The molecule has 1 atom stereocenters. The molecule has 104 valence electrons. The van der Waals surface area contributed by atoms with Gasteiger partial charge in [-0.3, -0.25) is 10.1 Å². The van der Waals surface area contributed by atoms with Crippen LogP contribution in [-0.2, 0) is 30.6 Å². The van der Waals surface area contributed by atoms with Gasteiger partial charge >= 0.3 is 0 Å². The molecule has 1 amide bonds. The lowest BCUT2D eigenvalue weighted by Gasteiger charge is -2.21. The van der Waals surface area contributed by atoms with Crippen LogP contribution in [0.15, 0.2) is 6.33 Å². The number of imidazole rings is 1. The second-order valence-electron chi connectivity index (χ2n) is 5.20. The Hall–Kier alpha value is -1.73. The van der Waals surface area contributed by atoms with Crippen molar-refractivity contribution in [2.24, 2.45) is 0 Å². The molecule has 0 spiro atoms. The first-order valence-electron chi connectivity index (χ1n) is 6.83. The van der Waals surface area contributed by atoms with Crippen molar-refractivity contribution in [1.29, 1.82) is 0 Å². The van der Waals surface area contributed by atoms with Crippen LogP contribution in [0.1, 0.15) is 28.4 Å². The predicted octanol–water partition coefficient (Wildman–Crippen LogP) is 1.01. The summed E-state index contributed by atoms with van der Waals surface area (Å²) in [6.45, 7) is 0.655. The molecule has 0 aromatic carbocycles. The molecule has 2 aromatic heterocycles. The molecule has 0 saturated heterocycles. The van der Waals surface area contributed by atoms with Crippen LogP contribution in [-0.4, -0.2) is 26.9 Å². The number of aryl methyl sites for hydroxylation is 2. The SMILES string of the molecule is O=C(Nc1nc2c(s1)CCC2)C1Cc2nc[nH]c2CN1. The number of nitrogens with zero attached hydrogens (tertiary/aromatic N) is 2. The lowest BCUT2D eigenvalue weighted by Crippen LogP contribution is -2.44. The molecular formula is C13H15N5OS. The van der Waals surface area contributed by atoms with Crippen molar-refractivity contribution in [3.63, 3.8) is 0 Å². The molecule has 20 heavy (non-hydrogen) atoms. The van der Waals surface area contributed by atoms with Crippen LogP contribution < -0.4 is 10.6 Å². The van der Waals surface area contributed by atoms with Crippen molar-refractivity contribution in [2.45, 2.75) is 38.3 Å². The zero-order valence-electron chi connectivity index (χ0n) is 10.9. The maximum Gasteiger partial charge on any atom is 0.243 e. The minimum Gasteiger partial charge on any atom is -0.347 e. The Labute approximate surface area is 120 Å². The van der Waals surface area contributed by atoms with Gasteiger partial charge in [-0.2, -0.15) is 0 Å². The van der Waals surface area contributed by atoms with Gasteiger partial charge in [-0.1, -0.05) is 0 Å². The van der Waals surface area contributed by atoms with Crippen molar-refractivity contribution >= 4 is 22.4 Å². The van der Waals surface area contributed by atoms with Gasteiger partial charge in [-0.15, -0.1) is 11.3 Å². The molecule has 0 bridgehead atoms. The van der Waals surface area contributed by atoms with E-state index in [1.54, 1.807) is 17.7 Å². The molecule has 2 aromatic rings. The van der Waals surface area contributed by atoms with Gasteiger partial charge in [0.1, 0.15) is 0 Å². The Kier molecular flexibility index (Phi) is 2.82. The van der Waals surface area contributed by atoms with Crippen molar-refractivity contribution in [1.82, 2.24) is 20.3 Å². The van der Waals surface area contributed by atoms with Gasteiger partial charge < -0.3 is 10.3 Å². The summed E-state index contributed by atoms with van der Waals surface area (Å²) in [7, 11) is 0. The fourth-order valence-corrected chi connectivity index (χ4v) is 3.84. The number of aromatic nitrogens is 3. The maximum absolute atomic E-state index is 12.3. The second kappa shape index (κ2) is 4.68. The number of nitrogens with one attached hydrogen (secondary N) is 3. The summed E-state index contributed by atoms with van der Waals surface area (Å²) in [6.07, 6.45) is 5.63. The highest BCUT2D eigenvalue weighted by molar-refractivity contribution is 7.15. The highest BCUT2D eigenvalue weighted by atomic mass is 32.1. The van der Waals surface area contributed by atoms with Gasteiger partial charge in [0.05, 0.1) is 29.5 Å². The first-order chi connectivity index (χ1) is 9.79. The molecule has 2 aliphatic rings. The molecule has 3 N–H and O–H groups in total. The summed E-state index contributed by atoms with van der Waals surface area (Å²) < 4.78 is 0. The summed E-state index contributed by atoms with van der Waals surface area (Å²) in [5.74, 6) is -0.0222. The van der Waals surface area contributed by atoms with E-state index in [1.807, 2.05) is 0 Å². The van der Waals surface area contributed by atoms with Crippen LogP contribution in [0.3, 0.4) is 0 Å². The van der Waals surface area contributed by atoms with Gasteiger partial charge in [0.2, 0.25) is 5.91 Å². The van der Waals surface area contributed by atoms with Crippen molar-refractivity contribution in [2.75, 3.05) is 5.32 Å². The third-order valence-corrected chi connectivity index (χ3v) is 4.95. The van der Waals surface area contributed by atoms with E-state index >= 15 is 0 Å². The molecule has 0 fully saturated rings. The van der Waals surface area contributed by atoms with Gasteiger partial charge in [-0.25, -0.2) is 9.97 Å². The number of aromatic amines is 1. The average molecular weight is 289 g/mol. The average Bonchev–Trinajstić information content (AvgIpc) is 3.11. The summed E-state index contributed by atoms with van der Waals surface area (Å²) >= 11 is 1.61. The number of fused-ring (bicyclic) bond motifs is 2. The summed E-state index contributed by atoms with van der Waals surface area (Å²) in [5, 5.41) is 6.89. The van der Waals surface area contributed by atoms with Gasteiger partial charge in [0.15, 0.2) is 5.13 Å². The first kappa shape index (κ1) is 12.0. The van der Waals surface area contributed by atoms with E-state index in [4.69, 9.17) is 0 Å². The number of thiazole rings is 1. The second-order valence-corrected chi connectivity index (χ2v) is 6.28. The Bertz CT molecular complexity index is 640. The van der Waals surface area contributed by atoms with E-state index in [9.17, 15) is 4.79 Å². The Morgan fingerprint density at radius 3 is 3.25 bits per heavy atom. The standard InChI is InChI=1S/C13H15N5OS/c19-12(9-4-8-10(5-14-9)16-6-15-8)18-13-17-7-2-1-3-11(7)20-13/h6,9,14H,1-5H2,(H,15,16)(H,17,18,19). The maximum atomic E-state index is 12.3. The molecule has 0 radical (unpaired) electrons. The van der Waals surface area contributed by atoms with E-state index in [0.29, 0.717) is 13.0 Å². The number of hydrogen-bond donors (Lipinski definition) is 3. The zero-order valence-corrected chi connectivity index (χ0v) is 11.7. The number of anilines is 1. The third kappa shape index (κ3) is 2.03. The van der Waals surface area contributed by atoms with E-state index in [-0.39, 0.29) is 11.9 Å². The van der Waals surface area contributed by atoms with Crippen LogP contribution in [0.5, 0.6) is 0 Å². The number of rotatable bonds is 2. The van der Waals surface area contributed by atoms with E-state index in [1.165, 1.54) is 11.3 Å². The van der Waals surface area contributed by atoms with E-state index in [2.05, 4.69) is 25.6 Å². The fourth-order valence-electron chi connectivity index (χ4n) is 2.79. The monoisotopic (exact) mass is 289 g/mol. The molecule has 0 saturated carbocycles. The molecule has 1 aliphatic carbocycles. The first-order valence-corrected chi connectivity index (χ1v) is 7.65. The van der Waals surface area contributed by atoms with Crippen LogP contribution in [0.25, 0.3) is 0 Å². The molecular weight excluding hydrogens is 274 g/mol. The van der Waals surface area contributed by atoms with Crippen molar-refractivity contribution < 1.29 is 4.79 Å². The Morgan fingerprint density at radius 2 is 2.35 bits per heavy atom. The number of carbonyl (C=O) groups is 1. The minimum atomic E-state index is -0.232. The molecule has 6 nitrogen and oxygen atoms in total. The predicted molar refractivity (Wildman–Crippen MR) is 75.7 cm³/mol. The summed E-state index contributed by atoms with van der Waals surface area (Å²) in [4.78, 5) is 25.4. The fraction of sp³-hybridized carbons (Fsp3) is 0.462. The Balaban J connectivity index is 1.45. The van der Waals surface area contributed by atoms with Crippen LogP contribution >= 0.6 is 11.3 Å². The summed E-state index contributed by atoms with van der Waals surface area (Å²) in [6, 6.07) is -0.232. The molecule has 3 heterocycles. The van der Waals surface area contributed by atoms with Crippen LogP contribution in [0.2, 0.25) is 0 Å². The normalized spacial score (nSPS) is 20.5. The Morgan fingerprint density at radius 1 is 1.40 bits per heavy atom. The van der Waals surface area contributed by atoms with Gasteiger partial charge in [-0.05, 0) is 19.3 Å². The van der Waals surface area contributed by atoms with E-state index < -0.39 is 0 Å². The number of hydrogen-bond acceptors (Lipinski definition) is 5. The van der Waals surface area contributed by atoms with E-state index in [0.717, 1.165) is 35.1 Å². The lowest BCUT2D eigenvalue weighted by atomic mass is 10.1. The number of H-pyrrole nitrogens is 1. The smallest absolute Gasteiger partial charge is 0.243 e. The van der Waals surface area contributed by atoms with Gasteiger partial charge in [0, 0.05) is 17.8 Å². The largest absolute Gasteiger partial charge is 0.347 e. The van der Waals surface area contributed by atoms with Crippen molar-refractivity contribution in [3.05, 3.63) is 28.3 Å². The molecule has 7 heteroatoms. The highest BCUT2D eigenvalue weighted by Gasteiger charge is 2.27. The number of carbonyl (C=O) groups excluding carboxylic acids is 1. The topological polar surface area (TPSA) is 82.7 Å². The number of amides is 1. The molecule has 1 aliphatic heterocycles. The third-order valence-electron chi connectivity index (χ3n) is 3.87. The summed E-state index contributed by atoms with van der Waals surface area (Å²) in [5.41, 5.74) is 3.21. The molecule has 1 unspecified atom stereocenters. The van der Waals surface area contributed by atoms with Gasteiger partial charge in [0.25, 0.3) is 0 Å². The van der Waals surface area contributed by atoms with Crippen LogP contribution in [0.4, 0.5) is 5.13 Å². The zero-order chi connectivity index (χ0) is 13.5. The molecule has 4 rings (SSSR count). The highest BCUT2D eigenvalue weighted by Crippen LogP contribution is 2.30.